The molecule has 0 aromatic heterocycles. The largest absolute Gasteiger partial charge is 0.497 e. The lowest BCUT2D eigenvalue weighted by Crippen LogP contribution is -2.39. The van der Waals surface area contributed by atoms with Crippen molar-refractivity contribution in [2.24, 2.45) is 0 Å². The van der Waals surface area contributed by atoms with Crippen LogP contribution in [0, 0.1) is 6.92 Å². The average Bonchev–Trinajstić information content (AvgIpc) is 3.20. The molecular formula is C23H31NO4. The molecule has 5 nitrogen and oxygen atoms in total. The lowest BCUT2D eigenvalue weighted by Gasteiger charge is -2.27. The van der Waals surface area contributed by atoms with E-state index < -0.39 is 6.10 Å². The lowest BCUT2D eigenvalue weighted by molar-refractivity contribution is 0.0312. The van der Waals surface area contributed by atoms with Crippen LogP contribution in [-0.2, 0) is 11.3 Å². The van der Waals surface area contributed by atoms with Gasteiger partial charge in [-0.2, -0.15) is 0 Å². The van der Waals surface area contributed by atoms with Crippen molar-refractivity contribution in [3.63, 3.8) is 0 Å². The summed E-state index contributed by atoms with van der Waals surface area (Å²) in [5.41, 5.74) is 2.23. The van der Waals surface area contributed by atoms with Crippen LogP contribution in [0.5, 0.6) is 11.5 Å². The van der Waals surface area contributed by atoms with Crippen LogP contribution in [0.25, 0.3) is 0 Å². The minimum atomic E-state index is -0.577. The lowest BCUT2D eigenvalue weighted by atomic mass is 10.1. The van der Waals surface area contributed by atoms with Gasteiger partial charge in [-0.05, 0) is 49.1 Å². The van der Waals surface area contributed by atoms with Gasteiger partial charge in [-0.3, -0.25) is 4.90 Å². The first-order chi connectivity index (χ1) is 13.6. The zero-order chi connectivity index (χ0) is 19.8. The number of aryl methyl sites for hydroxylation is 1. The van der Waals surface area contributed by atoms with E-state index in [1.54, 1.807) is 7.11 Å². The van der Waals surface area contributed by atoms with Crippen LogP contribution in [0.15, 0.2) is 48.5 Å². The number of hydrogen-bond donors (Lipinski definition) is 1. The second-order valence-corrected chi connectivity index (χ2v) is 7.41. The summed E-state index contributed by atoms with van der Waals surface area (Å²) in [5.74, 6) is 1.66. The van der Waals surface area contributed by atoms with Gasteiger partial charge in [0, 0.05) is 26.2 Å². The van der Waals surface area contributed by atoms with E-state index in [-0.39, 0.29) is 12.7 Å². The molecule has 0 spiro atoms. The van der Waals surface area contributed by atoms with Crippen molar-refractivity contribution in [2.45, 2.75) is 38.5 Å². The molecule has 1 N–H and O–H groups in total. The summed E-state index contributed by atoms with van der Waals surface area (Å²) in [6.45, 7) is 5.18. The highest BCUT2D eigenvalue weighted by Crippen LogP contribution is 2.19. The first-order valence-corrected chi connectivity index (χ1v) is 9.97. The minimum absolute atomic E-state index is 0.232. The predicted molar refractivity (Wildman–Crippen MR) is 110 cm³/mol. The zero-order valence-corrected chi connectivity index (χ0v) is 16.8. The van der Waals surface area contributed by atoms with Gasteiger partial charge < -0.3 is 19.3 Å². The summed E-state index contributed by atoms with van der Waals surface area (Å²) in [5, 5.41) is 10.6. The van der Waals surface area contributed by atoms with Crippen molar-refractivity contribution in [3.05, 3.63) is 59.7 Å². The molecule has 2 atom stereocenters. The molecule has 0 aliphatic carbocycles. The topological polar surface area (TPSA) is 51.2 Å². The van der Waals surface area contributed by atoms with Crippen molar-refractivity contribution in [3.8, 4) is 11.5 Å². The number of benzene rings is 2. The molecule has 0 unspecified atom stereocenters. The Morgan fingerprint density at radius 1 is 1.21 bits per heavy atom. The SMILES string of the molecule is COc1cccc(CN(C[C@H](O)COc2ccccc2C)C[C@H]2CCCO2)c1. The Bertz CT molecular complexity index is 730. The molecule has 1 saturated heterocycles. The highest BCUT2D eigenvalue weighted by molar-refractivity contribution is 5.31. The number of nitrogens with zero attached hydrogens (tertiary/aromatic N) is 1. The summed E-state index contributed by atoms with van der Waals surface area (Å²) < 4.78 is 17.0. The fraction of sp³-hybridized carbons (Fsp3) is 0.478. The maximum Gasteiger partial charge on any atom is 0.122 e. The molecule has 0 bridgehead atoms. The number of rotatable bonds is 10. The quantitative estimate of drug-likeness (QED) is 0.679. The van der Waals surface area contributed by atoms with Crippen LogP contribution in [0.3, 0.4) is 0 Å². The molecule has 1 fully saturated rings. The summed E-state index contributed by atoms with van der Waals surface area (Å²) in [7, 11) is 1.68. The van der Waals surface area contributed by atoms with Gasteiger partial charge in [0.1, 0.15) is 24.2 Å². The minimum Gasteiger partial charge on any atom is -0.497 e. The fourth-order valence-corrected chi connectivity index (χ4v) is 3.56. The van der Waals surface area contributed by atoms with E-state index in [0.29, 0.717) is 6.54 Å². The Morgan fingerprint density at radius 2 is 2.07 bits per heavy atom. The Labute approximate surface area is 167 Å². The molecule has 1 aliphatic heterocycles. The molecule has 28 heavy (non-hydrogen) atoms. The van der Waals surface area contributed by atoms with E-state index in [2.05, 4.69) is 11.0 Å². The Balaban J connectivity index is 1.59. The first kappa shape index (κ1) is 20.6. The van der Waals surface area contributed by atoms with Crippen LogP contribution < -0.4 is 9.47 Å². The van der Waals surface area contributed by atoms with E-state index in [4.69, 9.17) is 14.2 Å². The molecular weight excluding hydrogens is 354 g/mol. The molecule has 3 rings (SSSR count). The first-order valence-electron chi connectivity index (χ1n) is 9.97. The summed E-state index contributed by atoms with van der Waals surface area (Å²) in [4.78, 5) is 2.25. The van der Waals surface area contributed by atoms with Crippen LogP contribution in [0.2, 0.25) is 0 Å². The number of aliphatic hydroxyl groups excluding tert-OH is 1. The van der Waals surface area contributed by atoms with Gasteiger partial charge in [0.15, 0.2) is 0 Å². The third-order valence-corrected chi connectivity index (χ3v) is 5.02. The highest BCUT2D eigenvalue weighted by Gasteiger charge is 2.21. The normalized spacial score (nSPS) is 17.6. The molecule has 0 amide bonds. The maximum atomic E-state index is 10.6. The number of methoxy groups -OCH3 is 1. The second kappa shape index (κ2) is 10.5. The summed E-state index contributed by atoms with van der Waals surface area (Å²) in [6.07, 6.45) is 1.84. The van der Waals surface area contributed by atoms with E-state index in [1.165, 1.54) is 0 Å². The Hall–Kier alpha value is -2.08. The van der Waals surface area contributed by atoms with Gasteiger partial charge in [0.25, 0.3) is 0 Å². The van der Waals surface area contributed by atoms with Gasteiger partial charge in [-0.25, -0.2) is 0 Å². The van der Waals surface area contributed by atoms with Crippen LogP contribution in [0.1, 0.15) is 24.0 Å². The van der Waals surface area contributed by atoms with Crippen LogP contribution in [-0.4, -0.2) is 55.6 Å². The summed E-state index contributed by atoms with van der Waals surface area (Å²) >= 11 is 0. The Morgan fingerprint density at radius 3 is 2.82 bits per heavy atom. The van der Waals surface area contributed by atoms with Gasteiger partial charge in [-0.15, -0.1) is 0 Å². The van der Waals surface area contributed by atoms with E-state index >= 15 is 0 Å². The zero-order valence-electron chi connectivity index (χ0n) is 16.8. The van der Waals surface area contributed by atoms with E-state index in [9.17, 15) is 5.11 Å². The van der Waals surface area contributed by atoms with Crippen molar-refractivity contribution in [1.29, 1.82) is 0 Å². The molecule has 1 heterocycles. The molecule has 2 aromatic rings. The van der Waals surface area contributed by atoms with Gasteiger partial charge in [-0.1, -0.05) is 30.3 Å². The fourth-order valence-electron chi connectivity index (χ4n) is 3.56. The van der Waals surface area contributed by atoms with Crippen LogP contribution in [0.4, 0.5) is 0 Å². The molecule has 1 aliphatic rings. The van der Waals surface area contributed by atoms with Crippen molar-refractivity contribution >= 4 is 0 Å². The van der Waals surface area contributed by atoms with Crippen molar-refractivity contribution in [1.82, 2.24) is 4.90 Å². The standard InChI is InChI=1S/C23H31NO4/c1-18-7-3-4-11-23(18)28-17-20(25)15-24(16-22-10-6-12-27-22)14-19-8-5-9-21(13-19)26-2/h3-5,7-9,11,13,20,22,25H,6,10,12,14-17H2,1-2H3/t20-,22+/m0/s1. The summed E-state index contributed by atoms with van der Waals surface area (Å²) in [6, 6.07) is 15.9. The predicted octanol–water partition coefficient (Wildman–Crippen LogP) is 3.42. The third kappa shape index (κ3) is 6.23. The van der Waals surface area contributed by atoms with Gasteiger partial charge >= 0.3 is 0 Å². The van der Waals surface area contributed by atoms with Crippen molar-refractivity contribution < 1.29 is 19.3 Å². The van der Waals surface area contributed by atoms with E-state index in [0.717, 1.165) is 55.2 Å². The highest BCUT2D eigenvalue weighted by atomic mass is 16.5. The number of hydrogen-bond acceptors (Lipinski definition) is 5. The maximum absolute atomic E-state index is 10.6. The van der Waals surface area contributed by atoms with Gasteiger partial charge in [0.05, 0.1) is 13.2 Å². The van der Waals surface area contributed by atoms with Crippen LogP contribution >= 0.6 is 0 Å². The molecule has 0 saturated carbocycles. The van der Waals surface area contributed by atoms with E-state index in [1.807, 2.05) is 49.4 Å². The second-order valence-electron chi connectivity index (χ2n) is 7.41. The van der Waals surface area contributed by atoms with Crippen molar-refractivity contribution in [2.75, 3.05) is 33.4 Å². The molecule has 0 radical (unpaired) electrons. The Kier molecular flexibility index (Phi) is 7.71. The third-order valence-electron chi connectivity index (χ3n) is 5.02. The van der Waals surface area contributed by atoms with Gasteiger partial charge in [0.2, 0.25) is 0 Å². The molecule has 152 valence electrons. The number of ether oxygens (including phenoxy) is 3. The molecule has 5 heteroatoms. The smallest absolute Gasteiger partial charge is 0.122 e. The average molecular weight is 386 g/mol. The molecule has 2 aromatic carbocycles. The number of aliphatic hydroxyl groups is 1. The monoisotopic (exact) mass is 385 g/mol. The number of para-hydroxylation sites is 1.